The highest BCUT2D eigenvalue weighted by molar-refractivity contribution is 7.27. The van der Waals surface area contributed by atoms with Crippen molar-refractivity contribution in [3.05, 3.63) is 164 Å². The average Bonchev–Trinajstić information content (AvgIpc) is 3.86. The molecule has 5 aromatic carbocycles. The van der Waals surface area contributed by atoms with Gasteiger partial charge in [-0.25, -0.2) is 4.98 Å². The Morgan fingerprint density at radius 3 is 1.75 bits per heavy atom. The van der Waals surface area contributed by atoms with Crippen LogP contribution in [0.15, 0.2) is 164 Å². The first-order valence-electron chi connectivity index (χ1n) is 17.0. The van der Waals surface area contributed by atoms with Crippen LogP contribution in [0, 0.1) is 0 Å². The van der Waals surface area contributed by atoms with E-state index in [-0.39, 0.29) is 0 Å². The van der Waals surface area contributed by atoms with Gasteiger partial charge in [0, 0.05) is 59.8 Å². The smallest absolute Gasteiger partial charge is 0.0915 e. The minimum atomic E-state index is 0.803. The van der Waals surface area contributed by atoms with Gasteiger partial charge in [0.15, 0.2) is 0 Å². The van der Waals surface area contributed by atoms with E-state index in [0.717, 1.165) is 39.7 Å². The number of aromatic nitrogens is 5. The fraction of sp³-hybridized carbons (Fsp3) is 0. The lowest BCUT2D eigenvalue weighted by molar-refractivity contribution is 1.15. The predicted molar refractivity (Wildman–Crippen MR) is 212 cm³/mol. The Balaban J connectivity index is 1.28. The molecule has 0 saturated heterocycles. The van der Waals surface area contributed by atoms with Crippen LogP contribution < -0.4 is 0 Å². The fourth-order valence-corrected chi connectivity index (χ4v) is 9.15. The third kappa shape index (κ3) is 4.17. The third-order valence-corrected chi connectivity index (χ3v) is 11.2. The van der Waals surface area contributed by atoms with E-state index >= 15 is 0 Å². The SMILES string of the molecule is c1ccc(-n2c3ccccc3c3c4sc5ccc6c7ccccc7n(-c7cc(-c8ccccn8)nc(-c8ccccn8)c7)c6c5c4ccc32)cc1. The summed E-state index contributed by atoms with van der Waals surface area (Å²) in [5, 5.41) is 7.52. The summed E-state index contributed by atoms with van der Waals surface area (Å²) in [5.74, 6) is 0. The molecular weight excluding hydrogens is 643 g/mol. The molecule has 51 heavy (non-hydrogen) atoms. The van der Waals surface area contributed by atoms with Crippen LogP contribution in [0.2, 0.25) is 0 Å². The fourth-order valence-electron chi connectivity index (χ4n) is 7.89. The normalized spacial score (nSPS) is 11.9. The highest BCUT2D eigenvalue weighted by Crippen LogP contribution is 2.47. The molecule has 0 fully saturated rings. The summed E-state index contributed by atoms with van der Waals surface area (Å²) >= 11 is 1.88. The van der Waals surface area contributed by atoms with Crippen LogP contribution >= 0.6 is 11.3 Å². The second-order valence-corrected chi connectivity index (χ2v) is 13.9. The zero-order valence-electron chi connectivity index (χ0n) is 27.2. The van der Waals surface area contributed by atoms with Crippen molar-refractivity contribution in [2.45, 2.75) is 0 Å². The van der Waals surface area contributed by atoms with Crippen LogP contribution in [-0.4, -0.2) is 24.1 Å². The minimum Gasteiger partial charge on any atom is -0.309 e. The molecule has 0 aliphatic rings. The number of nitrogens with zero attached hydrogens (tertiary/aromatic N) is 5. The maximum atomic E-state index is 5.10. The molecule has 0 N–H and O–H groups in total. The Hall–Kier alpha value is -6.63. The molecule has 6 heteroatoms. The lowest BCUT2D eigenvalue weighted by Gasteiger charge is -2.13. The van der Waals surface area contributed by atoms with E-state index in [4.69, 9.17) is 15.0 Å². The molecule has 11 aromatic rings. The van der Waals surface area contributed by atoms with Crippen molar-refractivity contribution in [1.82, 2.24) is 24.1 Å². The van der Waals surface area contributed by atoms with Gasteiger partial charge in [-0.15, -0.1) is 11.3 Å². The molecule has 0 amide bonds. The number of para-hydroxylation sites is 3. The van der Waals surface area contributed by atoms with Crippen LogP contribution in [0.4, 0.5) is 0 Å². The first-order chi connectivity index (χ1) is 25.3. The van der Waals surface area contributed by atoms with Crippen LogP contribution in [0.3, 0.4) is 0 Å². The van der Waals surface area contributed by atoms with Gasteiger partial charge in [0.1, 0.15) is 0 Å². The molecule has 6 aromatic heterocycles. The van der Waals surface area contributed by atoms with Gasteiger partial charge in [0.05, 0.1) is 50.5 Å². The highest BCUT2D eigenvalue weighted by Gasteiger charge is 2.22. The summed E-state index contributed by atoms with van der Waals surface area (Å²) in [7, 11) is 0. The molecule has 5 nitrogen and oxygen atoms in total. The molecule has 0 aliphatic heterocycles. The van der Waals surface area contributed by atoms with Crippen molar-refractivity contribution < 1.29 is 0 Å². The van der Waals surface area contributed by atoms with E-state index in [1.165, 1.54) is 58.3 Å². The van der Waals surface area contributed by atoms with Gasteiger partial charge in [0.25, 0.3) is 0 Å². The molecule has 0 spiro atoms. The van der Waals surface area contributed by atoms with E-state index in [1.54, 1.807) is 0 Å². The number of hydrogen-bond acceptors (Lipinski definition) is 4. The molecule has 0 unspecified atom stereocenters. The number of pyridine rings is 3. The molecule has 0 radical (unpaired) electrons. The van der Waals surface area contributed by atoms with Crippen molar-refractivity contribution in [1.29, 1.82) is 0 Å². The van der Waals surface area contributed by atoms with Gasteiger partial charge >= 0.3 is 0 Å². The van der Waals surface area contributed by atoms with Gasteiger partial charge in [-0.05, 0) is 72.8 Å². The Morgan fingerprint density at radius 1 is 0.412 bits per heavy atom. The van der Waals surface area contributed by atoms with Crippen molar-refractivity contribution in [3.63, 3.8) is 0 Å². The van der Waals surface area contributed by atoms with Crippen molar-refractivity contribution in [2.24, 2.45) is 0 Å². The quantitative estimate of drug-likeness (QED) is 0.187. The van der Waals surface area contributed by atoms with E-state index in [2.05, 4.69) is 124 Å². The van der Waals surface area contributed by atoms with Gasteiger partial charge in [0.2, 0.25) is 0 Å². The second kappa shape index (κ2) is 10.9. The number of rotatable bonds is 4. The highest BCUT2D eigenvalue weighted by atomic mass is 32.1. The number of hydrogen-bond donors (Lipinski definition) is 0. The van der Waals surface area contributed by atoms with E-state index in [0.29, 0.717) is 0 Å². The maximum absolute atomic E-state index is 5.10. The standard InChI is InChI=1S/C45H27N5S/c1-2-12-28(13-3-1)49-39-19-7-5-15-32(39)42-40(49)22-20-33-43-41(51-45(33)42)23-21-31-30-14-4-6-18-38(30)50(44(31)43)29-26-36(34-16-8-10-24-46-34)48-37(27-29)35-17-9-11-25-47-35/h1-27H. The van der Waals surface area contributed by atoms with Crippen LogP contribution in [0.5, 0.6) is 0 Å². The molecule has 0 atom stereocenters. The first-order valence-corrected chi connectivity index (χ1v) is 17.8. The lowest BCUT2D eigenvalue weighted by Crippen LogP contribution is -1.99. The van der Waals surface area contributed by atoms with E-state index < -0.39 is 0 Å². The molecule has 6 heterocycles. The third-order valence-electron chi connectivity index (χ3n) is 10.0. The Bertz CT molecular complexity index is 3060. The van der Waals surface area contributed by atoms with Gasteiger partial charge in [-0.1, -0.05) is 78.9 Å². The minimum absolute atomic E-state index is 0.803. The first kappa shape index (κ1) is 28.2. The van der Waals surface area contributed by atoms with Crippen molar-refractivity contribution in [3.8, 4) is 34.2 Å². The summed E-state index contributed by atoms with van der Waals surface area (Å²) in [6.07, 6.45) is 3.64. The summed E-state index contributed by atoms with van der Waals surface area (Å²) in [5.41, 5.74) is 10.2. The van der Waals surface area contributed by atoms with Crippen LogP contribution in [0.1, 0.15) is 0 Å². The number of thiophene rings is 1. The van der Waals surface area contributed by atoms with Gasteiger partial charge in [-0.3, -0.25) is 9.97 Å². The summed E-state index contributed by atoms with van der Waals surface area (Å²) in [6.45, 7) is 0. The second-order valence-electron chi connectivity index (χ2n) is 12.8. The topological polar surface area (TPSA) is 48.5 Å². The van der Waals surface area contributed by atoms with Crippen molar-refractivity contribution >= 4 is 75.1 Å². The van der Waals surface area contributed by atoms with E-state index in [9.17, 15) is 0 Å². The maximum Gasteiger partial charge on any atom is 0.0915 e. The Labute approximate surface area is 296 Å². The van der Waals surface area contributed by atoms with E-state index in [1.807, 2.05) is 60.1 Å². The summed E-state index contributed by atoms with van der Waals surface area (Å²) < 4.78 is 7.39. The molecule has 238 valence electrons. The molecular formula is C45H27N5S. The zero-order chi connectivity index (χ0) is 33.5. The van der Waals surface area contributed by atoms with Crippen LogP contribution in [0.25, 0.3) is 97.9 Å². The number of benzene rings is 5. The predicted octanol–water partition coefficient (Wildman–Crippen LogP) is 11.8. The van der Waals surface area contributed by atoms with Gasteiger partial charge in [-0.2, -0.15) is 0 Å². The molecule has 0 saturated carbocycles. The van der Waals surface area contributed by atoms with Crippen LogP contribution in [-0.2, 0) is 0 Å². The van der Waals surface area contributed by atoms with Gasteiger partial charge < -0.3 is 9.13 Å². The summed E-state index contributed by atoms with van der Waals surface area (Å²) in [6, 6.07) is 53.7. The largest absolute Gasteiger partial charge is 0.309 e. The molecule has 0 aliphatic carbocycles. The van der Waals surface area contributed by atoms with Crippen molar-refractivity contribution in [2.75, 3.05) is 0 Å². The zero-order valence-corrected chi connectivity index (χ0v) is 28.0. The number of fused-ring (bicyclic) bond motifs is 11. The Kier molecular flexibility index (Phi) is 6.05. The molecule has 11 rings (SSSR count). The monoisotopic (exact) mass is 669 g/mol. The lowest BCUT2D eigenvalue weighted by atomic mass is 10.1. The molecule has 0 bridgehead atoms. The average molecular weight is 670 g/mol. The Morgan fingerprint density at radius 2 is 1.04 bits per heavy atom. The summed E-state index contributed by atoms with van der Waals surface area (Å²) in [4.78, 5) is 14.5.